The molecule has 0 bridgehead atoms. The topological polar surface area (TPSA) is 66.0 Å². The Bertz CT molecular complexity index is 480. The fourth-order valence-electron chi connectivity index (χ4n) is 1.26. The first-order chi connectivity index (χ1) is 6.58. The van der Waals surface area contributed by atoms with Crippen LogP contribution >= 0.6 is 11.6 Å². The molecule has 5 heteroatoms. The van der Waals surface area contributed by atoms with Gasteiger partial charge in [0, 0.05) is 5.39 Å². The first-order valence-electron chi connectivity index (χ1n) is 3.97. The molecule has 2 N–H and O–H groups in total. The lowest BCUT2D eigenvalue weighted by Gasteiger charge is -1.95. The summed E-state index contributed by atoms with van der Waals surface area (Å²) in [5.41, 5.74) is 1.45. The number of aryl methyl sites for hydroxylation is 1. The quantitative estimate of drug-likeness (QED) is 0.710. The minimum atomic E-state index is -1.00. The van der Waals surface area contributed by atoms with Gasteiger partial charge in [0.05, 0.1) is 0 Å². The van der Waals surface area contributed by atoms with E-state index < -0.39 is 5.97 Å². The van der Waals surface area contributed by atoms with E-state index in [1.54, 1.807) is 6.07 Å². The van der Waals surface area contributed by atoms with E-state index in [9.17, 15) is 4.79 Å². The van der Waals surface area contributed by atoms with Gasteiger partial charge in [-0.15, -0.1) is 0 Å². The number of aromatic nitrogens is 2. The number of nitrogens with one attached hydrogen (secondary N) is 1. The van der Waals surface area contributed by atoms with Crippen molar-refractivity contribution in [3.05, 3.63) is 28.5 Å². The smallest absolute Gasteiger partial charge is 0.352 e. The van der Waals surface area contributed by atoms with Crippen LogP contribution in [-0.2, 0) is 0 Å². The SMILES string of the molecule is Cc1cc2cc(C(=O)O)[nH]c2nc1Cl. The Morgan fingerprint density at radius 2 is 2.29 bits per heavy atom. The van der Waals surface area contributed by atoms with Gasteiger partial charge in [0.2, 0.25) is 0 Å². The second-order valence-corrected chi connectivity index (χ2v) is 3.38. The lowest BCUT2D eigenvalue weighted by molar-refractivity contribution is 0.0691. The predicted molar refractivity (Wildman–Crippen MR) is 52.8 cm³/mol. The van der Waals surface area contributed by atoms with E-state index in [1.165, 1.54) is 6.07 Å². The number of aromatic carboxylic acids is 1. The number of carboxylic acids is 1. The van der Waals surface area contributed by atoms with Crippen molar-refractivity contribution >= 4 is 28.6 Å². The Balaban J connectivity index is 2.72. The summed E-state index contributed by atoms with van der Waals surface area (Å²) < 4.78 is 0. The van der Waals surface area contributed by atoms with Crippen LogP contribution in [-0.4, -0.2) is 21.0 Å². The highest BCUT2D eigenvalue weighted by atomic mass is 35.5. The molecule has 0 saturated carbocycles. The number of hydrogen-bond acceptors (Lipinski definition) is 2. The van der Waals surface area contributed by atoms with Crippen LogP contribution in [0, 0.1) is 6.92 Å². The van der Waals surface area contributed by atoms with Crippen molar-refractivity contribution in [3.8, 4) is 0 Å². The van der Waals surface area contributed by atoms with Gasteiger partial charge in [-0.25, -0.2) is 9.78 Å². The molecule has 0 aliphatic rings. The van der Waals surface area contributed by atoms with Gasteiger partial charge in [-0.05, 0) is 24.6 Å². The van der Waals surface area contributed by atoms with Gasteiger partial charge in [0.1, 0.15) is 16.5 Å². The maximum Gasteiger partial charge on any atom is 0.352 e. The van der Waals surface area contributed by atoms with Crippen LogP contribution in [0.15, 0.2) is 12.1 Å². The monoisotopic (exact) mass is 210 g/mol. The Morgan fingerprint density at radius 1 is 1.57 bits per heavy atom. The summed E-state index contributed by atoms with van der Waals surface area (Å²) in [7, 11) is 0. The third kappa shape index (κ3) is 1.33. The van der Waals surface area contributed by atoms with Crippen LogP contribution in [0.3, 0.4) is 0 Å². The third-order valence-electron chi connectivity index (χ3n) is 1.96. The molecule has 2 aromatic heterocycles. The normalized spacial score (nSPS) is 10.7. The van der Waals surface area contributed by atoms with Gasteiger partial charge < -0.3 is 10.1 Å². The number of H-pyrrole nitrogens is 1. The van der Waals surface area contributed by atoms with E-state index in [-0.39, 0.29) is 5.69 Å². The molecule has 2 heterocycles. The lowest BCUT2D eigenvalue weighted by atomic mass is 10.2. The first kappa shape index (κ1) is 9.02. The molecular weight excluding hydrogens is 204 g/mol. The van der Waals surface area contributed by atoms with Gasteiger partial charge in [-0.1, -0.05) is 11.6 Å². The number of halogens is 1. The number of hydrogen-bond donors (Lipinski definition) is 2. The zero-order chi connectivity index (χ0) is 10.3. The summed E-state index contributed by atoms with van der Waals surface area (Å²) in [5.74, 6) is -1.00. The van der Waals surface area contributed by atoms with Crippen LogP contribution in [0.25, 0.3) is 11.0 Å². The van der Waals surface area contributed by atoms with E-state index in [0.717, 1.165) is 10.9 Å². The molecule has 72 valence electrons. The number of carbonyl (C=O) groups is 1. The largest absolute Gasteiger partial charge is 0.477 e. The van der Waals surface area contributed by atoms with Crippen molar-refractivity contribution in [3.63, 3.8) is 0 Å². The molecule has 2 rings (SSSR count). The third-order valence-corrected chi connectivity index (χ3v) is 2.35. The molecule has 0 aromatic carbocycles. The molecule has 0 radical (unpaired) electrons. The molecular formula is C9H7ClN2O2. The molecule has 0 spiro atoms. The van der Waals surface area contributed by atoms with Crippen molar-refractivity contribution in [2.75, 3.05) is 0 Å². The van der Waals surface area contributed by atoms with Gasteiger partial charge in [-0.2, -0.15) is 0 Å². The Labute approximate surface area is 84.5 Å². The zero-order valence-corrected chi connectivity index (χ0v) is 8.09. The van der Waals surface area contributed by atoms with Crippen molar-refractivity contribution in [1.29, 1.82) is 0 Å². The summed E-state index contributed by atoms with van der Waals surface area (Å²) in [6, 6.07) is 3.33. The number of fused-ring (bicyclic) bond motifs is 1. The summed E-state index contributed by atoms with van der Waals surface area (Å²) in [4.78, 5) is 17.3. The number of rotatable bonds is 1. The fourth-order valence-corrected chi connectivity index (χ4v) is 1.40. The van der Waals surface area contributed by atoms with Crippen LogP contribution in [0.2, 0.25) is 5.15 Å². The average Bonchev–Trinajstić information content (AvgIpc) is 2.48. The zero-order valence-electron chi connectivity index (χ0n) is 7.34. The van der Waals surface area contributed by atoms with Gasteiger partial charge in [0.15, 0.2) is 0 Å². The van der Waals surface area contributed by atoms with Gasteiger partial charge in [0.25, 0.3) is 0 Å². The van der Waals surface area contributed by atoms with E-state index >= 15 is 0 Å². The molecule has 0 aliphatic heterocycles. The molecule has 0 fully saturated rings. The van der Waals surface area contributed by atoms with E-state index in [0.29, 0.717) is 10.8 Å². The van der Waals surface area contributed by atoms with Crippen LogP contribution in [0.1, 0.15) is 16.1 Å². The number of pyridine rings is 1. The van der Waals surface area contributed by atoms with Crippen molar-refractivity contribution in [2.45, 2.75) is 6.92 Å². The van der Waals surface area contributed by atoms with Gasteiger partial charge >= 0.3 is 5.97 Å². The highest BCUT2D eigenvalue weighted by Crippen LogP contribution is 2.20. The van der Waals surface area contributed by atoms with Gasteiger partial charge in [-0.3, -0.25) is 0 Å². The minimum absolute atomic E-state index is 0.120. The molecule has 0 aliphatic carbocycles. The fraction of sp³-hybridized carbons (Fsp3) is 0.111. The van der Waals surface area contributed by atoms with Crippen molar-refractivity contribution in [1.82, 2.24) is 9.97 Å². The Hall–Kier alpha value is -1.55. The standard InChI is InChI=1S/C9H7ClN2O2/c1-4-2-5-3-6(9(13)14)11-8(5)12-7(4)10/h2-3H,1H3,(H,11,12)(H,13,14). The van der Waals surface area contributed by atoms with E-state index in [4.69, 9.17) is 16.7 Å². The van der Waals surface area contributed by atoms with Crippen molar-refractivity contribution < 1.29 is 9.90 Å². The Morgan fingerprint density at radius 3 is 2.93 bits per heavy atom. The summed E-state index contributed by atoms with van der Waals surface area (Å²) in [6.45, 7) is 1.82. The predicted octanol–water partition coefficient (Wildman–Crippen LogP) is 2.22. The second kappa shape index (κ2) is 2.99. The average molecular weight is 211 g/mol. The number of nitrogens with zero attached hydrogens (tertiary/aromatic N) is 1. The number of carboxylic acid groups (broad SMARTS) is 1. The molecule has 0 saturated heterocycles. The lowest BCUT2D eigenvalue weighted by Crippen LogP contribution is -1.95. The van der Waals surface area contributed by atoms with E-state index in [1.807, 2.05) is 6.92 Å². The maximum absolute atomic E-state index is 10.6. The van der Waals surface area contributed by atoms with Crippen LogP contribution in [0.4, 0.5) is 0 Å². The molecule has 4 nitrogen and oxygen atoms in total. The van der Waals surface area contributed by atoms with E-state index in [2.05, 4.69) is 9.97 Å². The second-order valence-electron chi connectivity index (χ2n) is 3.02. The van der Waals surface area contributed by atoms with Crippen molar-refractivity contribution in [2.24, 2.45) is 0 Å². The summed E-state index contributed by atoms with van der Waals surface area (Å²) in [5, 5.41) is 9.87. The first-order valence-corrected chi connectivity index (χ1v) is 4.35. The Kier molecular flexibility index (Phi) is 1.93. The summed E-state index contributed by atoms with van der Waals surface area (Å²) in [6.07, 6.45) is 0. The highest BCUT2D eigenvalue weighted by molar-refractivity contribution is 6.30. The molecule has 14 heavy (non-hydrogen) atoms. The van der Waals surface area contributed by atoms with Crippen LogP contribution in [0.5, 0.6) is 0 Å². The number of aromatic amines is 1. The molecule has 0 unspecified atom stereocenters. The van der Waals surface area contributed by atoms with Crippen LogP contribution < -0.4 is 0 Å². The highest BCUT2D eigenvalue weighted by Gasteiger charge is 2.09. The molecule has 0 atom stereocenters. The summed E-state index contributed by atoms with van der Waals surface area (Å²) >= 11 is 5.80. The molecule has 2 aromatic rings. The minimum Gasteiger partial charge on any atom is -0.477 e. The molecule has 0 amide bonds. The maximum atomic E-state index is 10.6.